The molecule has 0 spiro atoms. The van der Waals surface area contributed by atoms with Crippen molar-refractivity contribution in [1.29, 1.82) is 0 Å². The first-order chi connectivity index (χ1) is 13.2. The largest absolute Gasteiger partial charge is 0.495 e. The Hall–Kier alpha value is -2.59. The Balaban J connectivity index is 2.02. The lowest BCUT2D eigenvalue weighted by Gasteiger charge is -2.18. The molecular weight excluding hydrogens is 404 g/mol. The topological polar surface area (TPSA) is 110 Å². The van der Waals surface area contributed by atoms with Gasteiger partial charge in [0.15, 0.2) is 0 Å². The number of aryl methyl sites for hydroxylation is 1. The van der Waals surface area contributed by atoms with Crippen molar-refractivity contribution in [3.05, 3.63) is 48.0 Å². The molecule has 0 saturated carbocycles. The van der Waals surface area contributed by atoms with E-state index in [4.69, 9.17) is 4.74 Å². The number of benzene rings is 2. The number of rotatable bonds is 6. The Labute approximate surface area is 164 Å². The standard InChI is InChI=1S/C18H20N2O6S2/c1-3-13-4-6-14(7-5-13)19-28(24,25)17-12-15(8-9-16(17)26-2)20-18(21)10-11-27(20,22)23/h4-9,12,19H,3,10-11H2,1-2H3. The number of nitrogens with zero attached hydrogens (tertiary/aromatic N) is 1. The predicted molar refractivity (Wildman–Crippen MR) is 106 cm³/mol. The number of methoxy groups -OCH3 is 1. The molecule has 0 radical (unpaired) electrons. The first kappa shape index (κ1) is 20.2. The van der Waals surface area contributed by atoms with Gasteiger partial charge in [-0.15, -0.1) is 0 Å². The van der Waals surface area contributed by atoms with Gasteiger partial charge in [-0.25, -0.2) is 21.1 Å². The van der Waals surface area contributed by atoms with E-state index in [1.54, 1.807) is 24.3 Å². The molecule has 1 fully saturated rings. The van der Waals surface area contributed by atoms with Crippen LogP contribution >= 0.6 is 0 Å². The molecule has 0 aromatic heterocycles. The maximum Gasteiger partial charge on any atom is 0.265 e. The third-order valence-electron chi connectivity index (χ3n) is 4.36. The molecule has 0 aliphatic carbocycles. The number of carbonyl (C=O) groups is 1. The molecule has 1 saturated heterocycles. The molecule has 1 aliphatic rings. The quantitative estimate of drug-likeness (QED) is 0.761. The lowest BCUT2D eigenvalue weighted by Crippen LogP contribution is -2.29. The minimum absolute atomic E-state index is 0.0328. The van der Waals surface area contributed by atoms with E-state index in [2.05, 4.69) is 4.72 Å². The van der Waals surface area contributed by atoms with E-state index in [-0.39, 0.29) is 28.5 Å². The number of anilines is 2. The summed E-state index contributed by atoms with van der Waals surface area (Å²) in [6.45, 7) is 1.99. The summed E-state index contributed by atoms with van der Waals surface area (Å²) in [6, 6.07) is 10.7. The summed E-state index contributed by atoms with van der Waals surface area (Å²) < 4.78 is 58.3. The van der Waals surface area contributed by atoms with E-state index >= 15 is 0 Å². The zero-order valence-electron chi connectivity index (χ0n) is 15.4. The van der Waals surface area contributed by atoms with E-state index in [1.807, 2.05) is 6.92 Å². The van der Waals surface area contributed by atoms with Crippen molar-refractivity contribution in [3.63, 3.8) is 0 Å². The van der Waals surface area contributed by atoms with E-state index < -0.39 is 26.0 Å². The van der Waals surface area contributed by atoms with Crippen LogP contribution < -0.4 is 13.8 Å². The monoisotopic (exact) mass is 424 g/mol. The fraction of sp³-hybridized carbons (Fsp3) is 0.278. The van der Waals surface area contributed by atoms with Gasteiger partial charge in [-0.2, -0.15) is 0 Å². The average Bonchev–Trinajstić information content (AvgIpc) is 2.94. The molecule has 0 unspecified atom stereocenters. The van der Waals surface area contributed by atoms with Crippen molar-refractivity contribution < 1.29 is 26.4 Å². The summed E-state index contributed by atoms with van der Waals surface area (Å²) in [4.78, 5) is 11.7. The van der Waals surface area contributed by atoms with Crippen LogP contribution in [-0.2, 0) is 31.3 Å². The molecule has 1 heterocycles. The maximum atomic E-state index is 12.9. The zero-order chi connectivity index (χ0) is 20.5. The van der Waals surface area contributed by atoms with Crippen LogP contribution in [0.2, 0.25) is 0 Å². The average molecular weight is 425 g/mol. The second-order valence-electron chi connectivity index (χ2n) is 6.22. The Morgan fingerprint density at radius 3 is 2.36 bits per heavy atom. The molecule has 0 atom stereocenters. The van der Waals surface area contributed by atoms with E-state index in [1.165, 1.54) is 19.2 Å². The molecule has 2 aromatic carbocycles. The fourth-order valence-corrected chi connectivity index (χ4v) is 5.59. The zero-order valence-corrected chi connectivity index (χ0v) is 17.0. The van der Waals surface area contributed by atoms with Gasteiger partial charge in [0.05, 0.1) is 18.6 Å². The van der Waals surface area contributed by atoms with Crippen LogP contribution in [0.1, 0.15) is 18.9 Å². The number of sulfonamides is 2. The lowest BCUT2D eigenvalue weighted by atomic mass is 10.2. The van der Waals surface area contributed by atoms with Gasteiger partial charge in [0.25, 0.3) is 10.0 Å². The van der Waals surface area contributed by atoms with Crippen LogP contribution in [0.5, 0.6) is 5.75 Å². The van der Waals surface area contributed by atoms with Gasteiger partial charge in [0.1, 0.15) is 10.6 Å². The Morgan fingerprint density at radius 1 is 1.14 bits per heavy atom. The number of hydrogen-bond donors (Lipinski definition) is 1. The number of amides is 1. The Morgan fingerprint density at radius 2 is 1.82 bits per heavy atom. The summed E-state index contributed by atoms with van der Waals surface area (Å²) in [5, 5.41) is 0. The van der Waals surface area contributed by atoms with Crippen molar-refractivity contribution >= 4 is 37.3 Å². The molecule has 2 aromatic rings. The number of hydrogen-bond acceptors (Lipinski definition) is 6. The van der Waals surface area contributed by atoms with Gasteiger partial charge in [-0.05, 0) is 42.3 Å². The molecule has 28 heavy (non-hydrogen) atoms. The van der Waals surface area contributed by atoms with Gasteiger partial charge < -0.3 is 4.74 Å². The summed E-state index contributed by atoms with van der Waals surface area (Å²) in [6.07, 6.45) is 0.680. The minimum atomic E-state index is -4.09. The Bertz CT molecular complexity index is 1110. The van der Waals surface area contributed by atoms with Crippen LogP contribution in [0.4, 0.5) is 11.4 Å². The summed E-state index contributed by atoms with van der Waals surface area (Å²) >= 11 is 0. The highest BCUT2D eigenvalue weighted by atomic mass is 32.2. The van der Waals surface area contributed by atoms with Gasteiger partial charge in [0.2, 0.25) is 15.9 Å². The highest BCUT2D eigenvalue weighted by molar-refractivity contribution is 7.94. The van der Waals surface area contributed by atoms with Crippen LogP contribution in [0.25, 0.3) is 0 Å². The highest BCUT2D eigenvalue weighted by Gasteiger charge is 2.37. The maximum absolute atomic E-state index is 12.9. The van der Waals surface area contributed by atoms with Crippen molar-refractivity contribution in [2.75, 3.05) is 21.9 Å². The summed E-state index contributed by atoms with van der Waals surface area (Å²) in [5.74, 6) is -0.871. The van der Waals surface area contributed by atoms with Gasteiger partial charge >= 0.3 is 0 Å². The van der Waals surface area contributed by atoms with Gasteiger partial charge in [-0.1, -0.05) is 19.1 Å². The first-order valence-electron chi connectivity index (χ1n) is 8.53. The van der Waals surface area contributed by atoms with Crippen molar-refractivity contribution in [2.45, 2.75) is 24.7 Å². The molecule has 1 N–H and O–H groups in total. The third-order valence-corrected chi connectivity index (χ3v) is 7.46. The molecule has 0 bridgehead atoms. The summed E-state index contributed by atoms with van der Waals surface area (Å²) in [7, 11) is -6.59. The first-order valence-corrected chi connectivity index (χ1v) is 11.6. The van der Waals surface area contributed by atoms with Crippen LogP contribution in [0.15, 0.2) is 47.4 Å². The van der Waals surface area contributed by atoms with E-state index in [9.17, 15) is 21.6 Å². The van der Waals surface area contributed by atoms with Crippen molar-refractivity contribution in [1.82, 2.24) is 0 Å². The fourth-order valence-electron chi connectivity index (χ4n) is 2.89. The smallest absolute Gasteiger partial charge is 0.265 e. The molecule has 1 aliphatic heterocycles. The van der Waals surface area contributed by atoms with Crippen molar-refractivity contribution in [3.8, 4) is 5.75 Å². The molecule has 8 nitrogen and oxygen atoms in total. The Kier molecular flexibility index (Phi) is 5.35. The summed E-state index contributed by atoms with van der Waals surface area (Å²) in [5.41, 5.74) is 1.37. The molecule has 10 heteroatoms. The van der Waals surface area contributed by atoms with Crippen LogP contribution in [-0.4, -0.2) is 35.6 Å². The van der Waals surface area contributed by atoms with Crippen molar-refractivity contribution in [2.24, 2.45) is 0 Å². The van der Waals surface area contributed by atoms with E-state index in [0.717, 1.165) is 18.1 Å². The van der Waals surface area contributed by atoms with Crippen LogP contribution in [0.3, 0.4) is 0 Å². The second kappa shape index (κ2) is 7.44. The second-order valence-corrected chi connectivity index (χ2v) is 9.80. The van der Waals surface area contributed by atoms with E-state index in [0.29, 0.717) is 9.99 Å². The number of carbonyl (C=O) groups excluding carboxylic acids is 1. The lowest BCUT2D eigenvalue weighted by molar-refractivity contribution is -0.116. The van der Waals surface area contributed by atoms with Gasteiger partial charge in [-0.3, -0.25) is 9.52 Å². The predicted octanol–water partition coefficient (Wildman–Crippen LogP) is 2.12. The highest BCUT2D eigenvalue weighted by Crippen LogP contribution is 2.33. The van der Waals surface area contributed by atoms with Gasteiger partial charge in [0, 0.05) is 12.1 Å². The number of nitrogens with one attached hydrogen (secondary N) is 1. The normalized spacial score (nSPS) is 16.2. The third kappa shape index (κ3) is 3.83. The SMILES string of the molecule is CCc1ccc(NS(=O)(=O)c2cc(N3C(=O)CCS3(=O)=O)ccc2OC)cc1. The molecule has 3 rings (SSSR count). The molecular formula is C18H20N2O6S2. The van der Waals surface area contributed by atoms with Crippen LogP contribution in [0, 0.1) is 0 Å². The molecule has 150 valence electrons. The number of ether oxygens (including phenoxy) is 1. The molecule has 1 amide bonds. The minimum Gasteiger partial charge on any atom is -0.495 e.